The predicted octanol–water partition coefficient (Wildman–Crippen LogP) is 2.40. The molecule has 150 valence electrons. The van der Waals surface area contributed by atoms with E-state index in [0.29, 0.717) is 59.0 Å². The van der Waals surface area contributed by atoms with Crippen LogP contribution in [0.25, 0.3) is 0 Å². The standard InChI is InChI=1S/C19H39NO5/c1-2-3-4-5-10-21-11-12-22-13-14-23-15-16-24-17-18-25-19-6-8-20-9-7-19/h19-20H,2-18H2,1H3. The average molecular weight is 362 g/mol. The number of hydrogen-bond acceptors (Lipinski definition) is 6. The van der Waals surface area contributed by atoms with Gasteiger partial charge in [-0.25, -0.2) is 0 Å². The van der Waals surface area contributed by atoms with Gasteiger partial charge in [0.2, 0.25) is 0 Å². The highest BCUT2D eigenvalue weighted by Crippen LogP contribution is 2.06. The summed E-state index contributed by atoms with van der Waals surface area (Å²) in [4.78, 5) is 0. The normalized spacial score (nSPS) is 15.7. The number of hydrogen-bond donors (Lipinski definition) is 1. The third kappa shape index (κ3) is 15.7. The van der Waals surface area contributed by atoms with Crippen molar-refractivity contribution in [3.63, 3.8) is 0 Å². The number of piperidine rings is 1. The van der Waals surface area contributed by atoms with Crippen molar-refractivity contribution in [3.8, 4) is 0 Å². The van der Waals surface area contributed by atoms with Gasteiger partial charge < -0.3 is 29.0 Å². The average Bonchev–Trinajstić information content (AvgIpc) is 2.65. The quantitative estimate of drug-likeness (QED) is 0.378. The molecule has 1 N–H and O–H groups in total. The van der Waals surface area contributed by atoms with Gasteiger partial charge in [0.1, 0.15) is 0 Å². The van der Waals surface area contributed by atoms with E-state index in [9.17, 15) is 0 Å². The van der Waals surface area contributed by atoms with Crippen molar-refractivity contribution in [1.82, 2.24) is 5.32 Å². The van der Waals surface area contributed by atoms with E-state index >= 15 is 0 Å². The van der Waals surface area contributed by atoms with Crippen molar-refractivity contribution in [2.45, 2.75) is 51.6 Å². The van der Waals surface area contributed by atoms with Crippen LogP contribution in [0.3, 0.4) is 0 Å². The zero-order valence-electron chi connectivity index (χ0n) is 16.1. The van der Waals surface area contributed by atoms with Crippen LogP contribution in [-0.4, -0.2) is 78.7 Å². The van der Waals surface area contributed by atoms with Gasteiger partial charge in [0, 0.05) is 6.61 Å². The van der Waals surface area contributed by atoms with E-state index in [-0.39, 0.29) is 0 Å². The van der Waals surface area contributed by atoms with E-state index in [1.807, 2.05) is 0 Å². The maximum absolute atomic E-state index is 5.76. The summed E-state index contributed by atoms with van der Waals surface area (Å²) >= 11 is 0. The number of ether oxygens (including phenoxy) is 5. The second kappa shape index (κ2) is 18.5. The second-order valence-electron chi connectivity index (χ2n) is 6.33. The second-order valence-corrected chi connectivity index (χ2v) is 6.33. The minimum absolute atomic E-state index is 0.401. The molecule has 1 rings (SSSR count). The van der Waals surface area contributed by atoms with Gasteiger partial charge in [-0.2, -0.15) is 0 Å². The SMILES string of the molecule is CCCCCCOCCOCCOCCOCCOC1CCNCC1. The molecule has 1 aliphatic rings. The van der Waals surface area contributed by atoms with Crippen molar-refractivity contribution in [3.05, 3.63) is 0 Å². The number of rotatable bonds is 18. The monoisotopic (exact) mass is 361 g/mol. The highest BCUT2D eigenvalue weighted by molar-refractivity contribution is 4.67. The predicted molar refractivity (Wildman–Crippen MR) is 99.3 cm³/mol. The summed E-state index contributed by atoms with van der Waals surface area (Å²) in [7, 11) is 0. The Bertz CT molecular complexity index is 262. The van der Waals surface area contributed by atoms with Gasteiger partial charge in [0.05, 0.1) is 59.0 Å². The maximum Gasteiger partial charge on any atom is 0.0704 e. The van der Waals surface area contributed by atoms with Crippen LogP contribution in [0.5, 0.6) is 0 Å². The Kier molecular flexibility index (Phi) is 16.9. The van der Waals surface area contributed by atoms with Gasteiger partial charge in [-0.05, 0) is 32.4 Å². The summed E-state index contributed by atoms with van der Waals surface area (Å²) in [5, 5.41) is 3.33. The van der Waals surface area contributed by atoms with Crippen LogP contribution < -0.4 is 5.32 Å². The minimum Gasteiger partial charge on any atom is -0.379 e. The van der Waals surface area contributed by atoms with Crippen molar-refractivity contribution in [2.75, 3.05) is 72.6 Å². The molecule has 0 amide bonds. The number of nitrogens with one attached hydrogen (secondary N) is 1. The van der Waals surface area contributed by atoms with Crippen molar-refractivity contribution < 1.29 is 23.7 Å². The van der Waals surface area contributed by atoms with E-state index in [0.717, 1.165) is 39.0 Å². The van der Waals surface area contributed by atoms with Gasteiger partial charge in [0.15, 0.2) is 0 Å². The first-order valence-electron chi connectivity index (χ1n) is 10.1. The highest BCUT2D eigenvalue weighted by atomic mass is 16.6. The van der Waals surface area contributed by atoms with Crippen molar-refractivity contribution >= 4 is 0 Å². The summed E-state index contributed by atoms with van der Waals surface area (Å²) < 4.78 is 27.7. The molecular formula is C19H39NO5. The molecule has 6 heteroatoms. The van der Waals surface area contributed by atoms with Crippen LogP contribution in [0.1, 0.15) is 45.4 Å². The van der Waals surface area contributed by atoms with Crippen molar-refractivity contribution in [2.24, 2.45) is 0 Å². The first kappa shape index (κ1) is 22.8. The molecule has 1 fully saturated rings. The van der Waals surface area contributed by atoms with E-state index in [4.69, 9.17) is 23.7 Å². The molecule has 0 saturated carbocycles. The Morgan fingerprint density at radius 2 is 1.16 bits per heavy atom. The van der Waals surface area contributed by atoms with Gasteiger partial charge in [-0.1, -0.05) is 26.2 Å². The Morgan fingerprint density at radius 3 is 1.72 bits per heavy atom. The zero-order chi connectivity index (χ0) is 17.8. The van der Waals surface area contributed by atoms with Gasteiger partial charge in [0.25, 0.3) is 0 Å². The lowest BCUT2D eigenvalue weighted by Crippen LogP contribution is -2.33. The molecule has 1 saturated heterocycles. The summed E-state index contributed by atoms with van der Waals surface area (Å²) in [6.07, 6.45) is 7.59. The van der Waals surface area contributed by atoms with E-state index in [2.05, 4.69) is 12.2 Å². The lowest BCUT2D eigenvalue weighted by Gasteiger charge is -2.22. The minimum atomic E-state index is 0.401. The first-order valence-corrected chi connectivity index (χ1v) is 10.1. The topological polar surface area (TPSA) is 58.2 Å². The maximum atomic E-state index is 5.76. The van der Waals surface area contributed by atoms with Gasteiger partial charge >= 0.3 is 0 Å². The van der Waals surface area contributed by atoms with Crippen LogP contribution in [-0.2, 0) is 23.7 Å². The third-order valence-electron chi connectivity index (χ3n) is 4.13. The lowest BCUT2D eigenvalue weighted by molar-refractivity contribution is -0.0280. The Morgan fingerprint density at radius 1 is 0.640 bits per heavy atom. The van der Waals surface area contributed by atoms with Crippen LogP contribution in [0.4, 0.5) is 0 Å². The Hall–Kier alpha value is -0.240. The zero-order valence-corrected chi connectivity index (χ0v) is 16.1. The fourth-order valence-corrected chi connectivity index (χ4v) is 2.63. The van der Waals surface area contributed by atoms with E-state index in [1.54, 1.807) is 0 Å². The fraction of sp³-hybridized carbons (Fsp3) is 1.00. The molecule has 0 aromatic rings. The van der Waals surface area contributed by atoms with E-state index < -0.39 is 0 Å². The van der Waals surface area contributed by atoms with Crippen LogP contribution in [0, 0.1) is 0 Å². The van der Waals surface area contributed by atoms with E-state index in [1.165, 1.54) is 19.3 Å². The molecule has 1 heterocycles. The largest absolute Gasteiger partial charge is 0.379 e. The smallest absolute Gasteiger partial charge is 0.0704 e. The summed E-state index contributed by atoms with van der Waals surface area (Å²) in [5.41, 5.74) is 0. The molecule has 0 radical (unpaired) electrons. The third-order valence-corrected chi connectivity index (χ3v) is 4.13. The molecule has 0 aromatic carbocycles. The number of unbranched alkanes of at least 4 members (excludes halogenated alkanes) is 3. The highest BCUT2D eigenvalue weighted by Gasteiger charge is 2.12. The molecule has 25 heavy (non-hydrogen) atoms. The van der Waals surface area contributed by atoms with Gasteiger partial charge in [-0.3, -0.25) is 0 Å². The molecule has 0 atom stereocenters. The molecule has 6 nitrogen and oxygen atoms in total. The Balaban J connectivity index is 1.65. The van der Waals surface area contributed by atoms with Crippen LogP contribution in [0.2, 0.25) is 0 Å². The first-order chi connectivity index (χ1) is 12.4. The Labute approximate surface area is 153 Å². The molecular weight excluding hydrogens is 322 g/mol. The lowest BCUT2D eigenvalue weighted by atomic mass is 10.1. The molecule has 0 aromatic heterocycles. The molecule has 1 aliphatic heterocycles. The molecule has 0 bridgehead atoms. The molecule has 0 spiro atoms. The summed E-state index contributed by atoms with van der Waals surface area (Å²) in [5.74, 6) is 0. The summed E-state index contributed by atoms with van der Waals surface area (Å²) in [6, 6.07) is 0. The van der Waals surface area contributed by atoms with Crippen molar-refractivity contribution in [1.29, 1.82) is 0 Å². The summed E-state index contributed by atoms with van der Waals surface area (Å²) in [6.45, 7) is 10.2. The van der Waals surface area contributed by atoms with Gasteiger partial charge in [-0.15, -0.1) is 0 Å². The fourth-order valence-electron chi connectivity index (χ4n) is 2.63. The van der Waals surface area contributed by atoms with Crippen LogP contribution >= 0.6 is 0 Å². The molecule has 0 aliphatic carbocycles. The van der Waals surface area contributed by atoms with Crippen LogP contribution in [0.15, 0.2) is 0 Å². The molecule has 0 unspecified atom stereocenters.